The average Bonchev–Trinajstić information content (AvgIpc) is 2.96. The first kappa shape index (κ1) is 18.4. The zero-order valence-corrected chi connectivity index (χ0v) is 15.6. The first-order valence-corrected chi connectivity index (χ1v) is 8.76. The summed E-state index contributed by atoms with van der Waals surface area (Å²) in [6.45, 7) is 6.24. The monoisotopic (exact) mass is 362 g/mol. The number of carbonyl (C=O) groups is 1. The summed E-state index contributed by atoms with van der Waals surface area (Å²) in [7, 11) is 0. The fourth-order valence-corrected chi connectivity index (χ4v) is 2.87. The van der Waals surface area contributed by atoms with E-state index in [9.17, 15) is 4.79 Å². The lowest BCUT2D eigenvalue weighted by molar-refractivity contribution is 0.0526. The topological polar surface area (TPSA) is 68.5 Å². The molecule has 0 atom stereocenters. The van der Waals surface area contributed by atoms with Gasteiger partial charge in [0.2, 0.25) is 0 Å². The Balaban J connectivity index is 1.80. The second kappa shape index (κ2) is 8.31. The van der Waals surface area contributed by atoms with Gasteiger partial charge in [0.25, 0.3) is 0 Å². The summed E-state index contributed by atoms with van der Waals surface area (Å²) in [5.41, 5.74) is 7.59. The van der Waals surface area contributed by atoms with Crippen LogP contribution in [0.25, 0.3) is 5.69 Å². The Kier molecular flexibility index (Phi) is 5.66. The van der Waals surface area contributed by atoms with Crippen molar-refractivity contribution < 1.29 is 9.53 Å². The lowest BCUT2D eigenvalue weighted by atomic mass is 10.2. The second-order valence-electron chi connectivity index (χ2n) is 6.01. The van der Waals surface area contributed by atoms with Crippen molar-refractivity contribution in [2.24, 2.45) is 5.10 Å². The lowest BCUT2D eigenvalue weighted by Gasteiger charge is -2.10. The number of carbonyl (C=O) groups excluding carboxylic acids is 1. The van der Waals surface area contributed by atoms with Crippen molar-refractivity contribution in [1.82, 2.24) is 9.55 Å². The summed E-state index contributed by atoms with van der Waals surface area (Å²) in [5.74, 6) is 0.385. The Bertz CT molecular complexity index is 944. The smallest absolute Gasteiger partial charge is 0.338 e. The van der Waals surface area contributed by atoms with Crippen LogP contribution in [0, 0.1) is 13.8 Å². The fourth-order valence-electron chi connectivity index (χ4n) is 2.87. The predicted octanol–water partition coefficient (Wildman–Crippen LogP) is 4.11. The van der Waals surface area contributed by atoms with Crippen LogP contribution in [0.3, 0.4) is 0 Å². The summed E-state index contributed by atoms with van der Waals surface area (Å²) >= 11 is 0. The first-order valence-electron chi connectivity index (χ1n) is 8.76. The van der Waals surface area contributed by atoms with Crippen LogP contribution in [0.2, 0.25) is 0 Å². The number of nitrogens with one attached hydrogen (secondary N) is 1. The highest BCUT2D eigenvalue weighted by atomic mass is 16.5. The van der Waals surface area contributed by atoms with Crippen molar-refractivity contribution in [3.63, 3.8) is 0 Å². The van der Waals surface area contributed by atoms with Crippen LogP contribution in [-0.4, -0.2) is 28.3 Å². The number of rotatable bonds is 6. The Labute approximate surface area is 158 Å². The highest BCUT2D eigenvalue weighted by molar-refractivity contribution is 5.89. The van der Waals surface area contributed by atoms with Gasteiger partial charge in [0, 0.05) is 28.8 Å². The molecule has 0 saturated carbocycles. The van der Waals surface area contributed by atoms with Crippen LogP contribution >= 0.6 is 0 Å². The third-order valence-corrected chi connectivity index (χ3v) is 4.15. The molecule has 3 aromatic rings. The number of hydrogen-bond acceptors (Lipinski definition) is 5. The fraction of sp³-hybridized carbons (Fsp3) is 0.190. The summed E-state index contributed by atoms with van der Waals surface area (Å²) < 4.78 is 7.15. The zero-order chi connectivity index (χ0) is 19.2. The number of hydrazone groups is 1. The number of esters is 1. The van der Waals surface area contributed by atoms with Gasteiger partial charge in [-0.25, -0.2) is 9.78 Å². The molecular weight excluding hydrogens is 340 g/mol. The molecule has 0 radical (unpaired) electrons. The van der Waals surface area contributed by atoms with Gasteiger partial charge >= 0.3 is 5.97 Å². The molecule has 1 N–H and O–H groups in total. The van der Waals surface area contributed by atoms with Gasteiger partial charge in [0.15, 0.2) is 0 Å². The maximum absolute atomic E-state index is 11.8. The van der Waals surface area contributed by atoms with E-state index in [1.54, 1.807) is 31.5 Å². The standard InChI is InChI=1S/C21H22N4O2/c1-4-27-21(26)17-8-10-19(11-9-17)25-15(2)13-18(16(25)3)14-23-24-20-7-5-6-12-22-20/h5-14H,4H2,1-3H3,(H,22,24)/b23-14+. The van der Waals surface area contributed by atoms with E-state index < -0.39 is 0 Å². The molecule has 27 heavy (non-hydrogen) atoms. The molecule has 0 fully saturated rings. The number of pyridine rings is 1. The van der Waals surface area contributed by atoms with Crippen LogP contribution in [0.1, 0.15) is 34.2 Å². The molecule has 2 aromatic heterocycles. The Morgan fingerprint density at radius 3 is 2.67 bits per heavy atom. The van der Waals surface area contributed by atoms with E-state index in [4.69, 9.17) is 4.74 Å². The van der Waals surface area contributed by atoms with E-state index in [0.29, 0.717) is 18.0 Å². The normalized spacial score (nSPS) is 10.9. The van der Waals surface area contributed by atoms with Crippen molar-refractivity contribution in [3.05, 3.63) is 77.2 Å². The summed E-state index contributed by atoms with van der Waals surface area (Å²) in [6.07, 6.45) is 3.49. The molecule has 0 amide bonds. The molecule has 0 unspecified atom stereocenters. The van der Waals surface area contributed by atoms with Gasteiger partial charge in [-0.15, -0.1) is 0 Å². The summed E-state index contributed by atoms with van der Waals surface area (Å²) in [5, 5.41) is 4.27. The molecule has 0 saturated heterocycles. The van der Waals surface area contributed by atoms with Crippen LogP contribution in [0.15, 0.2) is 59.8 Å². The minimum Gasteiger partial charge on any atom is -0.462 e. The van der Waals surface area contributed by atoms with Gasteiger partial charge in [-0.2, -0.15) is 5.10 Å². The van der Waals surface area contributed by atoms with E-state index in [1.165, 1.54) is 0 Å². The highest BCUT2D eigenvalue weighted by Crippen LogP contribution is 2.20. The number of nitrogens with zero attached hydrogens (tertiary/aromatic N) is 3. The molecule has 1 aromatic carbocycles. The van der Waals surface area contributed by atoms with Gasteiger partial charge in [-0.3, -0.25) is 5.43 Å². The predicted molar refractivity (Wildman–Crippen MR) is 107 cm³/mol. The third-order valence-electron chi connectivity index (χ3n) is 4.15. The van der Waals surface area contributed by atoms with Crippen LogP contribution < -0.4 is 5.43 Å². The second-order valence-corrected chi connectivity index (χ2v) is 6.01. The molecule has 0 spiro atoms. The number of aromatic nitrogens is 2. The molecule has 138 valence electrons. The number of ether oxygens (including phenoxy) is 1. The summed E-state index contributed by atoms with van der Waals surface area (Å²) in [6, 6.07) is 15.1. The molecule has 0 aliphatic rings. The SMILES string of the molecule is CCOC(=O)c1ccc(-n2c(C)cc(/C=N/Nc3ccccn3)c2C)cc1. The van der Waals surface area contributed by atoms with Crippen LogP contribution in [0.5, 0.6) is 0 Å². The van der Waals surface area contributed by atoms with Crippen molar-refractivity contribution >= 4 is 18.0 Å². The molecule has 6 heteroatoms. The van der Waals surface area contributed by atoms with Crippen molar-refractivity contribution in [1.29, 1.82) is 0 Å². The van der Waals surface area contributed by atoms with E-state index in [2.05, 4.69) is 26.1 Å². The molecule has 0 aliphatic carbocycles. The van der Waals surface area contributed by atoms with Gasteiger partial charge in [-0.1, -0.05) is 6.07 Å². The summed E-state index contributed by atoms with van der Waals surface area (Å²) in [4.78, 5) is 16.0. The molecule has 3 rings (SSSR count). The highest BCUT2D eigenvalue weighted by Gasteiger charge is 2.11. The third kappa shape index (κ3) is 4.23. The van der Waals surface area contributed by atoms with E-state index in [1.807, 2.05) is 44.2 Å². The average molecular weight is 362 g/mol. The maximum Gasteiger partial charge on any atom is 0.338 e. The Morgan fingerprint density at radius 1 is 1.22 bits per heavy atom. The Hall–Kier alpha value is -3.41. The molecule has 2 heterocycles. The van der Waals surface area contributed by atoms with E-state index in [0.717, 1.165) is 22.6 Å². The van der Waals surface area contributed by atoms with Crippen LogP contribution in [-0.2, 0) is 4.74 Å². The molecule has 6 nitrogen and oxygen atoms in total. The molecular formula is C21H22N4O2. The minimum absolute atomic E-state index is 0.307. The zero-order valence-electron chi connectivity index (χ0n) is 15.6. The number of anilines is 1. The molecule has 0 bridgehead atoms. The number of aryl methyl sites for hydroxylation is 1. The quantitative estimate of drug-likeness (QED) is 0.407. The van der Waals surface area contributed by atoms with Gasteiger partial charge < -0.3 is 9.30 Å². The number of hydrogen-bond donors (Lipinski definition) is 1. The van der Waals surface area contributed by atoms with E-state index >= 15 is 0 Å². The Morgan fingerprint density at radius 2 is 2.00 bits per heavy atom. The largest absolute Gasteiger partial charge is 0.462 e. The van der Waals surface area contributed by atoms with Crippen LogP contribution in [0.4, 0.5) is 5.82 Å². The van der Waals surface area contributed by atoms with Crippen molar-refractivity contribution in [2.45, 2.75) is 20.8 Å². The lowest BCUT2D eigenvalue weighted by Crippen LogP contribution is -2.05. The first-order chi connectivity index (χ1) is 13.1. The van der Waals surface area contributed by atoms with Crippen molar-refractivity contribution in [3.8, 4) is 5.69 Å². The minimum atomic E-state index is -0.307. The van der Waals surface area contributed by atoms with Crippen molar-refractivity contribution in [2.75, 3.05) is 12.0 Å². The maximum atomic E-state index is 11.8. The van der Waals surface area contributed by atoms with Gasteiger partial charge in [0.05, 0.1) is 18.4 Å². The number of benzene rings is 1. The van der Waals surface area contributed by atoms with Gasteiger partial charge in [-0.05, 0) is 63.2 Å². The molecule has 0 aliphatic heterocycles. The van der Waals surface area contributed by atoms with Gasteiger partial charge in [0.1, 0.15) is 5.82 Å². The van der Waals surface area contributed by atoms with E-state index in [-0.39, 0.29) is 5.97 Å².